The summed E-state index contributed by atoms with van der Waals surface area (Å²) in [7, 11) is 1.85. The molecule has 3 nitrogen and oxygen atoms in total. The third-order valence-corrected chi connectivity index (χ3v) is 3.51. The van der Waals surface area contributed by atoms with E-state index in [1.54, 1.807) is 0 Å². The van der Waals surface area contributed by atoms with E-state index >= 15 is 0 Å². The molecule has 1 heterocycles. The van der Waals surface area contributed by atoms with Crippen molar-refractivity contribution in [3.05, 3.63) is 34.3 Å². The molecular weight excluding hydrogens is 226 g/mol. The smallest absolute Gasteiger partial charge is 0.321 e. The van der Waals surface area contributed by atoms with Crippen LogP contribution in [0.2, 0.25) is 5.02 Å². The molecule has 0 aliphatic carbocycles. The Hall–Kier alpha value is -1.06. The summed E-state index contributed by atoms with van der Waals surface area (Å²) in [6.45, 7) is 0.730. The average molecular weight is 240 g/mol. The predicted octanol–water partition coefficient (Wildman–Crippen LogP) is 1.82. The first-order valence-corrected chi connectivity index (χ1v) is 5.66. The maximum atomic E-state index is 11.1. The molecule has 1 atom stereocenters. The van der Waals surface area contributed by atoms with Crippen LogP contribution in [0.25, 0.3) is 0 Å². The van der Waals surface area contributed by atoms with Crippen molar-refractivity contribution >= 4 is 17.6 Å². The molecule has 16 heavy (non-hydrogen) atoms. The molecule has 0 fully saturated rings. The zero-order valence-corrected chi connectivity index (χ0v) is 9.87. The molecule has 1 N–H and O–H groups in total. The Balaban J connectivity index is 2.38. The minimum atomic E-state index is -0.768. The maximum absolute atomic E-state index is 11.1. The summed E-state index contributed by atoms with van der Waals surface area (Å²) < 4.78 is 0. The molecule has 4 heteroatoms. The Morgan fingerprint density at radius 3 is 3.00 bits per heavy atom. The van der Waals surface area contributed by atoms with Gasteiger partial charge in [0, 0.05) is 11.6 Å². The van der Waals surface area contributed by atoms with Crippen LogP contribution in [0.3, 0.4) is 0 Å². The van der Waals surface area contributed by atoms with Crippen LogP contribution in [0.15, 0.2) is 18.2 Å². The fourth-order valence-electron chi connectivity index (χ4n) is 2.16. The van der Waals surface area contributed by atoms with Gasteiger partial charge in [0.15, 0.2) is 0 Å². The zero-order chi connectivity index (χ0) is 11.7. The maximum Gasteiger partial charge on any atom is 0.321 e. The highest BCUT2D eigenvalue weighted by atomic mass is 35.5. The Kier molecular flexibility index (Phi) is 3.17. The Labute approximate surface area is 99.6 Å². The first-order chi connectivity index (χ1) is 7.59. The number of hydrogen-bond donors (Lipinski definition) is 1. The molecule has 1 aromatic carbocycles. The SMILES string of the molecule is CN1CCc2c(Cl)cccc2CC1C(=O)O. The van der Waals surface area contributed by atoms with Crippen LogP contribution < -0.4 is 0 Å². The van der Waals surface area contributed by atoms with E-state index in [0.717, 1.165) is 29.1 Å². The lowest BCUT2D eigenvalue weighted by Gasteiger charge is -2.21. The van der Waals surface area contributed by atoms with E-state index in [2.05, 4.69) is 0 Å². The largest absolute Gasteiger partial charge is 0.480 e. The molecule has 2 rings (SSSR count). The second-order valence-electron chi connectivity index (χ2n) is 4.17. The van der Waals surface area contributed by atoms with E-state index in [9.17, 15) is 4.79 Å². The summed E-state index contributed by atoms with van der Waals surface area (Å²) >= 11 is 6.12. The average Bonchev–Trinajstić information content (AvgIpc) is 2.39. The number of rotatable bonds is 1. The molecule has 1 aliphatic rings. The van der Waals surface area contributed by atoms with E-state index in [4.69, 9.17) is 16.7 Å². The molecule has 1 aliphatic heterocycles. The van der Waals surface area contributed by atoms with Crippen molar-refractivity contribution in [3.63, 3.8) is 0 Å². The van der Waals surface area contributed by atoms with E-state index < -0.39 is 12.0 Å². The van der Waals surface area contributed by atoms with E-state index in [1.165, 1.54) is 0 Å². The van der Waals surface area contributed by atoms with Crippen molar-refractivity contribution in [3.8, 4) is 0 Å². The lowest BCUT2D eigenvalue weighted by molar-refractivity contribution is -0.142. The van der Waals surface area contributed by atoms with Crippen molar-refractivity contribution in [2.24, 2.45) is 0 Å². The monoisotopic (exact) mass is 239 g/mol. The van der Waals surface area contributed by atoms with Gasteiger partial charge in [0.2, 0.25) is 0 Å². The van der Waals surface area contributed by atoms with Gasteiger partial charge in [-0.05, 0) is 37.1 Å². The van der Waals surface area contributed by atoms with Crippen LogP contribution in [-0.4, -0.2) is 35.6 Å². The lowest BCUT2D eigenvalue weighted by atomic mass is 10.0. The van der Waals surface area contributed by atoms with Crippen molar-refractivity contribution < 1.29 is 9.90 Å². The van der Waals surface area contributed by atoms with Gasteiger partial charge in [-0.2, -0.15) is 0 Å². The van der Waals surface area contributed by atoms with E-state index in [-0.39, 0.29) is 0 Å². The summed E-state index contributed by atoms with van der Waals surface area (Å²) in [5.74, 6) is -0.768. The van der Waals surface area contributed by atoms with Crippen molar-refractivity contribution in [2.75, 3.05) is 13.6 Å². The van der Waals surface area contributed by atoms with Gasteiger partial charge in [-0.1, -0.05) is 23.7 Å². The van der Waals surface area contributed by atoms with Gasteiger partial charge in [0.25, 0.3) is 0 Å². The molecule has 86 valence electrons. The summed E-state index contributed by atoms with van der Waals surface area (Å²) in [6.07, 6.45) is 1.34. The minimum absolute atomic E-state index is 0.445. The van der Waals surface area contributed by atoms with Crippen molar-refractivity contribution in [2.45, 2.75) is 18.9 Å². The van der Waals surface area contributed by atoms with Crippen LogP contribution in [-0.2, 0) is 17.6 Å². The number of nitrogens with zero attached hydrogens (tertiary/aromatic N) is 1. The number of halogens is 1. The number of aliphatic carboxylic acids is 1. The number of fused-ring (bicyclic) bond motifs is 1. The van der Waals surface area contributed by atoms with Crippen molar-refractivity contribution in [1.82, 2.24) is 4.90 Å². The van der Waals surface area contributed by atoms with Crippen LogP contribution in [0.4, 0.5) is 0 Å². The fourth-order valence-corrected chi connectivity index (χ4v) is 2.45. The van der Waals surface area contributed by atoms with E-state index in [0.29, 0.717) is 6.42 Å². The molecule has 0 spiro atoms. The van der Waals surface area contributed by atoms with Gasteiger partial charge in [0.1, 0.15) is 6.04 Å². The first-order valence-electron chi connectivity index (χ1n) is 5.29. The second-order valence-corrected chi connectivity index (χ2v) is 4.57. The summed E-state index contributed by atoms with van der Waals surface area (Å²) in [5.41, 5.74) is 2.16. The summed E-state index contributed by atoms with van der Waals surface area (Å²) in [6, 6.07) is 5.27. The summed E-state index contributed by atoms with van der Waals surface area (Å²) in [5, 5.41) is 9.90. The minimum Gasteiger partial charge on any atom is -0.480 e. The van der Waals surface area contributed by atoms with Gasteiger partial charge in [-0.15, -0.1) is 0 Å². The Bertz CT molecular complexity index is 419. The predicted molar refractivity (Wildman–Crippen MR) is 62.9 cm³/mol. The number of carboxylic acids is 1. The fraction of sp³-hybridized carbons (Fsp3) is 0.417. The molecule has 1 aromatic rings. The molecule has 0 amide bonds. The first kappa shape index (κ1) is 11.4. The highest BCUT2D eigenvalue weighted by Gasteiger charge is 2.27. The zero-order valence-electron chi connectivity index (χ0n) is 9.11. The third kappa shape index (κ3) is 2.06. The molecule has 0 radical (unpaired) electrons. The van der Waals surface area contributed by atoms with Gasteiger partial charge in [-0.25, -0.2) is 0 Å². The highest BCUT2D eigenvalue weighted by molar-refractivity contribution is 6.31. The Morgan fingerprint density at radius 1 is 1.56 bits per heavy atom. The molecule has 0 saturated carbocycles. The third-order valence-electron chi connectivity index (χ3n) is 3.16. The van der Waals surface area contributed by atoms with Crippen LogP contribution in [0, 0.1) is 0 Å². The molecule has 0 bridgehead atoms. The molecule has 1 unspecified atom stereocenters. The number of benzene rings is 1. The van der Waals surface area contributed by atoms with Crippen LogP contribution in [0.5, 0.6) is 0 Å². The number of hydrogen-bond acceptors (Lipinski definition) is 2. The van der Waals surface area contributed by atoms with Gasteiger partial charge in [0.05, 0.1) is 0 Å². The lowest BCUT2D eigenvalue weighted by Crippen LogP contribution is -2.39. The van der Waals surface area contributed by atoms with Gasteiger partial charge in [-0.3, -0.25) is 9.69 Å². The Morgan fingerprint density at radius 2 is 2.31 bits per heavy atom. The quantitative estimate of drug-likeness (QED) is 0.813. The molecule has 0 aromatic heterocycles. The number of carboxylic acid groups (broad SMARTS) is 1. The number of likely N-dealkylation sites (N-methyl/N-ethyl adjacent to an activating group) is 1. The topological polar surface area (TPSA) is 40.5 Å². The van der Waals surface area contributed by atoms with E-state index in [1.807, 2.05) is 30.1 Å². The number of carbonyl (C=O) groups is 1. The molecule has 0 saturated heterocycles. The normalized spacial score (nSPS) is 21.2. The van der Waals surface area contributed by atoms with Gasteiger partial charge >= 0.3 is 5.97 Å². The molecular formula is C12H14ClNO2. The standard InChI is InChI=1S/C12H14ClNO2/c1-14-6-5-9-8(3-2-4-10(9)13)7-11(14)12(15)16/h2-4,11H,5-7H2,1H3,(H,15,16). The summed E-state index contributed by atoms with van der Waals surface area (Å²) in [4.78, 5) is 13.0. The van der Waals surface area contributed by atoms with Crippen LogP contribution >= 0.6 is 11.6 Å². The highest BCUT2D eigenvalue weighted by Crippen LogP contribution is 2.25. The van der Waals surface area contributed by atoms with Gasteiger partial charge < -0.3 is 5.11 Å². The second kappa shape index (κ2) is 4.44. The van der Waals surface area contributed by atoms with Crippen LogP contribution in [0.1, 0.15) is 11.1 Å². The van der Waals surface area contributed by atoms with Crippen molar-refractivity contribution in [1.29, 1.82) is 0 Å².